The predicted octanol–water partition coefficient (Wildman–Crippen LogP) is 1.72. The average molecular weight is 193 g/mol. The fourth-order valence-electron chi connectivity index (χ4n) is 0.673. The summed E-state index contributed by atoms with van der Waals surface area (Å²) in [5, 5.41) is 0. The van der Waals surface area contributed by atoms with Gasteiger partial charge in [-0.25, -0.2) is 0 Å². The molecule has 0 amide bonds. The predicted molar refractivity (Wildman–Crippen MR) is 49.1 cm³/mol. The Balaban J connectivity index is 4.18. The minimum absolute atomic E-state index is 0.337. The first-order valence-corrected chi connectivity index (χ1v) is 5.56. The van der Waals surface area contributed by atoms with Gasteiger partial charge in [0.1, 0.15) is 0 Å². The van der Waals surface area contributed by atoms with Gasteiger partial charge in [-0.1, -0.05) is 6.08 Å². The third-order valence-electron chi connectivity index (χ3n) is 1.04. The molecular weight excluding hydrogens is 177 g/mol. The Kier molecular flexibility index (Phi) is 6.30. The van der Waals surface area contributed by atoms with Crippen LogP contribution in [0, 0.1) is 0 Å². The lowest BCUT2D eigenvalue weighted by molar-refractivity contribution is 0.229. The molecule has 0 aromatic carbocycles. The van der Waals surface area contributed by atoms with Crippen molar-refractivity contribution in [3.8, 4) is 0 Å². The van der Waals surface area contributed by atoms with Crippen molar-refractivity contribution in [2.75, 3.05) is 19.8 Å². The van der Waals surface area contributed by atoms with E-state index in [0.717, 1.165) is 0 Å². The zero-order valence-electron chi connectivity index (χ0n) is 7.53. The number of hydrogen-bond acceptors (Lipinski definition) is 4. The molecule has 2 N–H and O–H groups in total. The van der Waals surface area contributed by atoms with Crippen LogP contribution in [0.25, 0.3) is 0 Å². The van der Waals surface area contributed by atoms with Crippen molar-refractivity contribution in [2.24, 2.45) is 5.73 Å². The van der Waals surface area contributed by atoms with Crippen molar-refractivity contribution < 1.29 is 13.6 Å². The lowest BCUT2D eigenvalue weighted by atomic mass is 10.7. The molecule has 0 aromatic heterocycles. The Bertz CT molecular complexity index is 171. The van der Waals surface area contributed by atoms with Crippen molar-refractivity contribution in [1.82, 2.24) is 0 Å². The molecule has 0 bridgehead atoms. The second-order valence-corrected chi connectivity index (χ2v) is 3.89. The molecule has 0 atom stereocenters. The number of nitrogens with two attached hydrogens (primary N) is 1. The topological polar surface area (TPSA) is 61.5 Å². The van der Waals surface area contributed by atoms with Crippen LogP contribution in [0.5, 0.6) is 0 Å². The van der Waals surface area contributed by atoms with E-state index in [9.17, 15) is 4.57 Å². The third-order valence-corrected chi connectivity index (χ3v) is 2.85. The molecule has 72 valence electrons. The van der Waals surface area contributed by atoms with Crippen molar-refractivity contribution in [2.45, 2.75) is 13.8 Å². The summed E-state index contributed by atoms with van der Waals surface area (Å²) in [6, 6.07) is 0. The molecule has 5 heteroatoms. The fraction of sp³-hybridized carbons (Fsp3) is 0.714. The quantitative estimate of drug-likeness (QED) is 0.652. The fourth-order valence-corrected chi connectivity index (χ4v) is 2.02. The largest absolute Gasteiger partial charge is 0.353 e. The summed E-state index contributed by atoms with van der Waals surface area (Å²) >= 11 is 0. The highest BCUT2D eigenvalue weighted by Gasteiger charge is 2.17. The maximum Gasteiger partial charge on any atom is 0.353 e. The average Bonchev–Trinajstić information content (AvgIpc) is 2.02. The molecule has 0 fully saturated rings. The molecule has 0 rings (SSSR count). The Labute approximate surface area is 73.3 Å². The van der Waals surface area contributed by atoms with Gasteiger partial charge < -0.3 is 14.8 Å². The normalized spacial score (nSPS) is 12.6. The van der Waals surface area contributed by atoms with E-state index in [0.29, 0.717) is 19.8 Å². The van der Waals surface area contributed by atoms with Crippen LogP contribution in [0.4, 0.5) is 0 Å². The molecule has 0 spiro atoms. The summed E-state index contributed by atoms with van der Waals surface area (Å²) < 4.78 is 21.5. The molecule has 12 heavy (non-hydrogen) atoms. The van der Waals surface area contributed by atoms with Gasteiger partial charge in [0, 0.05) is 12.4 Å². The van der Waals surface area contributed by atoms with Gasteiger partial charge in [-0.3, -0.25) is 4.57 Å². The van der Waals surface area contributed by atoms with Crippen LogP contribution in [0.15, 0.2) is 11.9 Å². The molecule has 4 nitrogen and oxygen atoms in total. The van der Waals surface area contributed by atoms with E-state index in [-0.39, 0.29) is 0 Å². The summed E-state index contributed by atoms with van der Waals surface area (Å²) in [5.41, 5.74) is 5.21. The van der Waals surface area contributed by atoms with Gasteiger partial charge >= 0.3 is 7.60 Å². The first-order valence-electron chi connectivity index (χ1n) is 3.95. The van der Waals surface area contributed by atoms with Crippen LogP contribution in [-0.2, 0) is 13.6 Å². The maximum absolute atomic E-state index is 11.6. The second kappa shape index (κ2) is 6.38. The van der Waals surface area contributed by atoms with Gasteiger partial charge in [-0.2, -0.15) is 0 Å². The summed E-state index contributed by atoms with van der Waals surface area (Å²) in [5.74, 6) is 1.40. The first-order chi connectivity index (χ1) is 5.68. The highest BCUT2D eigenvalue weighted by molar-refractivity contribution is 7.57. The van der Waals surface area contributed by atoms with E-state index in [1.165, 1.54) is 5.82 Å². The van der Waals surface area contributed by atoms with Crippen LogP contribution in [0.1, 0.15) is 13.8 Å². The van der Waals surface area contributed by atoms with Crippen molar-refractivity contribution >= 4 is 7.60 Å². The van der Waals surface area contributed by atoms with Crippen molar-refractivity contribution in [3.05, 3.63) is 11.9 Å². The van der Waals surface area contributed by atoms with Crippen molar-refractivity contribution in [1.29, 1.82) is 0 Å². The summed E-state index contributed by atoms with van der Waals surface area (Å²) in [7, 11) is -3.00. The third kappa shape index (κ3) is 4.67. The molecule has 0 aliphatic heterocycles. The van der Waals surface area contributed by atoms with E-state index < -0.39 is 7.60 Å². The Morgan fingerprint density at radius 2 is 1.83 bits per heavy atom. The molecule has 0 unspecified atom stereocenters. The number of rotatable bonds is 6. The Morgan fingerprint density at radius 3 is 2.17 bits per heavy atom. The van der Waals surface area contributed by atoms with Gasteiger partial charge in [-0.15, -0.1) is 0 Å². The van der Waals surface area contributed by atoms with Gasteiger partial charge in [0.05, 0.1) is 13.2 Å². The zero-order valence-corrected chi connectivity index (χ0v) is 8.42. The van der Waals surface area contributed by atoms with Crippen LogP contribution in [0.3, 0.4) is 0 Å². The Morgan fingerprint density at radius 1 is 1.33 bits per heavy atom. The molecule has 0 saturated carbocycles. The molecule has 0 radical (unpaired) electrons. The standard InChI is InChI=1S/C7H16NO3P/c1-3-10-12(9,11-4-2)7-5-6-8/h5,7H,3-4,6,8H2,1-2H3/b7-5+. The van der Waals surface area contributed by atoms with E-state index in [4.69, 9.17) is 14.8 Å². The highest BCUT2D eigenvalue weighted by atomic mass is 31.2. The zero-order chi connectivity index (χ0) is 9.45. The van der Waals surface area contributed by atoms with Gasteiger partial charge in [0.2, 0.25) is 0 Å². The van der Waals surface area contributed by atoms with Gasteiger partial charge in [0.15, 0.2) is 0 Å². The van der Waals surface area contributed by atoms with E-state index in [2.05, 4.69) is 0 Å². The van der Waals surface area contributed by atoms with Crippen molar-refractivity contribution in [3.63, 3.8) is 0 Å². The SMILES string of the molecule is CCOP(=O)(/C=C/CN)OCC. The molecule has 0 heterocycles. The van der Waals surface area contributed by atoms with E-state index in [1.54, 1.807) is 19.9 Å². The van der Waals surface area contributed by atoms with Crippen LogP contribution < -0.4 is 5.73 Å². The minimum Gasteiger partial charge on any atom is -0.327 e. The molecule has 0 aromatic rings. The number of hydrogen-bond donors (Lipinski definition) is 1. The smallest absolute Gasteiger partial charge is 0.327 e. The first kappa shape index (κ1) is 11.8. The molecule has 0 saturated heterocycles. The molecule has 0 aliphatic carbocycles. The lowest BCUT2D eigenvalue weighted by Gasteiger charge is -2.11. The summed E-state index contributed by atoms with van der Waals surface area (Å²) in [6.45, 7) is 4.60. The van der Waals surface area contributed by atoms with Crippen LogP contribution in [-0.4, -0.2) is 19.8 Å². The van der Waals surface area contributed by atoms with Crippen LogP contribution >= 0.6 is 7.60 Å². The van der Waals surface area contributed by atoms with Gasteiger partial charge in [-0.05, 0) is 13.8 Å². The van der Waals surface area contributed by atoms with Crippen LogP contribution in [0.2, 0.25) is 0 Å². The van der Waals surface area contributed by atoms with E-state index >= 15 is 0 Å². The Hall–Kier alpha value is -0.150. The summed E-state index contributed by atoms with van der Waals surface area (Å²) in [6.07, 6.45) is 1.58. The molecular formula is C7H16NO3P. The van der Waals surface area contributed by atoms with Gasteiger partial charge in [0.25, 0.3) is 0 Å². The van der Waals surface area contributed by atoms with E-state index in [1.807, 2.05) is 0 Å². The lowest BCUT2D eigenvalue weighted by Crippen LogP contribution is -1.96. The maximum atomic E-state index is 11.6. The summed E-state index contributed by atoms with van der Waals surface area (Å²) in [4.78, 5) is 0. The monoisotopic (exact) mass is 193 g/mol. The highest BCUT2D eigenvalue weighted by Crippen LogP contribution is 2.49. The second-order valence-electron chi connectivity index (χ2n) is 2.00. The minimum atomic E-state index is -3.00. The molecule has 0 aliphatic rings.